The van der Waals surface area contributed by atoms with Gasteiger partial charge in [0, 0.05) is 18.8 Å². The Balaban J connectivity index is 2.15. The molecule has 0 atom stereocenters. The Bertz CT molecular complexity index is 412. The van der Waals surface area contributed by atoms with Gasteiger partial charge in [0.1, 0.15) is 0 Å². The normalized spacial score (nSPS) is 15.3. The number of anilines is 1. The molecule has 1 aliphatic rings. The van der Waals surface area contributed by atoms with E-state index >= 15 is 0 Å². The maximum absolute atomic E-state index is 5.94. The van der Waals surface area contributed by atoms with Crippen LogP contribution in [0.25, 0.3) is 0 Å². The lowest BCUT2D eigenvalue weighted by atomic mass is 9.98. The van der Waals surface area contributed by atoms with Crippen LogP contribution in [0.3, 0.4) is 0 Å². The molecule has 1 aliphatic heterocycles. The highest BCUT2D eigenvalue weighted by Gasteiger charge is 2.16. The molecule has 1 aromatic rings. The van der Waals surface area contributed by atoms with Crippen LogP contribution in [-0.2, 0) is 13.0 Å². The highest BCUT2D eigenvalue weighted by molar-refractivity contribution is 5.51. The number of nitrogens with zero attached hydrogens (tertiary/aromatic N) is 1. The van der Waals surface area contributed by atoms with Crippen LogP contribution in [0.15, 0.2) is 18.2 Å². The number of hydrogen-bond donors (Lipinski definition) is 1. The molecule has 1 heterocycles. The van der Waals surface area contributed by atoms with Crippen molar-refractivity contribution in [2.75, 3.05) is 18.8 Å². The van der Waals surface area contributed by atoms with E-state index in [1.807, 2.05) is 19.1 Å². The molecule has 0 saturated heterocycles. The molecule has 0 bridgehead atoms. The van der Waals surface area contributed by atoms with Crippen LogP contribution < -0.4 is 5.73 Å². The summed E-state index contributed by atoms with van der Waals surface area (Å²) in [5.41, 5.74) is 9.57. The second kappa shape index (κ2) is 4.37. The lowest BCUT2D eigenvalue weighted by molar-refractivity contribution is 0.286. The summed E-state index contributed by atoms with van der Waals surface area (Å²) < 4.78 is 0. The first kappa shape index (κ1) is 10.1. The Morgan fingerprint density at radius 1 is 1.47 bits per heavy atom. The van der Waals surface area contributed by atoms with Crippen molar-refractivity contribution in [3.8, 4) is 11.8 Å². The van der Waals surface area contributed by atoms with Crippen LogP contribution in [0, 0.1) is 11.8 Å². The fourth-order valence-corrected chi connectivity index (χ4v) is 2.02. The molecule has 2 nitrogen and oxygen atoms in total. The summed E-state index contributed by atoms with van der Waals surface area (Å²) in [6.07, 6.45) is 1.05. The highest BCUT2D eigenvalue weighted by Crippen LogP contribution is 2.23. The van der Waals surface area contributed by atoms with Crippen molar-refractivity contribution >= 4 is 5.69 Å². The summed E-state index contributed by atoms with van der Waals surface area (Å²) in [7, 11) is 0. The fourth-order valence-electron chi connectivity index (χ4n) is 2.02. The number of fused-ring (bicyclic) bond motifs is 1. The molecule has 0 aliphatic carbocycles. The highest BCUT2D eigenvalue weighted by atomic mass is 15.1. The van der Waals surface area contributed by atoms with Crippen molar-refractivity contribution in [1.29, 1.82) is 0 Å². The van der Waals surface area contributed by atoms with Gasteiger partial charge in [-0.25, -0.2) is 0 Å². The van der Waals surface area contributed by atoms with Crippen LogP contribution in [-0.4, -0.2) is 18.0 Å². The molecule has 0 saturated carbocycles. The Morgan fingerprint density at radius 3 is 3.13 bits per heavy atom. The lowest BCUT2D eigenvalue weighted by Crippen LogP contribution is -2.31. The van der Waals surface area contributed by atoms with Gasteiger partial charge in [-0.1, -0.05) is 18.1 Å². The first-order chi connectivity index (χ1) is 7.31. The fraction of sp³-hybridized carbons (Fsp3) is 0.385. The van der Waals surface area contributed by atoms with Crippen LogP contribution in [0.4, 0.5) is 5.69 Å². The van der Waals surface area contributed by atoms with Gasteiger partial charge in [0.25, 0.3) is 0 Å². The zero-order chi connectivity index (χ0) is 10.7. The quantitative estimate of drug-likeness (QED) is 0.551. The lowest BCUT2D eigenvalue weighted by Gasteiger charge is -2.27. The van der Waals surface area contributed by atoms with Gasteiger partial charge in [-0.15, -0.1) is 5.92 Å². The van der Waals surface area contributed by atoms with Gasteiger partial charge in [-0.05, 0) is 30.5 Å². The number of hydrogen-bond acceptors (Lipinski definition) is 2. The van der Waals surface area contributed by atoms with Crippen LogP contribution in [0.1, 0.15) is 18.1 Å². The second-order valence-corrected chi connectivity index (χ2v) is 3.87. The summed E-state index contributed by atoms with van der Waals surface area (Å²) in [5, 5.41) is 0. The Hall–Kier alpha value is -1.46. The molecule has 0 unspecified atom stereocenters. The van der Waals surface area contributed by atoms with Gasteiger partial charge in [0.05, 0.1) is 6.54 Å². The summed E-state index contributed by atoms with van der Waals surface area (Å²) in [4.78, 5) is 2.36. The van der Waals surface area contributed by atoms with E-state index in [1.54, 1.807) is 0 Å². The molecule has 2 rings (SSSR count). The Labute approximate surface area is 91.1 Å². The topological polar surface area (TPSA) is 29.3 Å². The minimum absolute atomic E-state index is 0.866. The molecule has 0 fully saturated rings. The monoisotopic (exact) mass is 200 g/mol. The third-order valence-electron chi connectivity index (χ3n) is 2.86. The van der Waals surface area contributed by atoms with Crippen LogP contribution >= 0.6 is 0 Å². The second-order valence-electron chi connectivity index (χ2n) is 3.87. The molecule has 15 heavy (non-hydrogen) atoms. The van der Waals surface area contributed by atoms with Crippen molar-refractivity contribution in [2.24, 2.45) is 0 Å². The van der Waals surface area contributed by atoms with Gasteiger partial charge in [-0.3, -0.25) is 4.90 Å². The predicted molar refractivity (Wildman–Crippen MR) is 63.3 cm³/mol. The maximum atomic E-state index is 5.94. The SMILES string of the molecule is CC#CCN1CCc2c(N)cccc2C1. The molecule has 1 aromatic carbocycles. The third kappa shape index (κ3) is 2.14. The molecule has 0 spiro atoms. The first-order valence-electron chi connectivity index (χ1n) is 5.29. The van der Waals surface area contributed by atoms with Gasteiger partial charge >= 0.3 is 0 Å². The predicted octanol–water partition coefficient (Wildman–Crippen LogP) is 1.65. The van der Waals surface area contributed by atoms with E-state index < -0.39 is 0 Å². The van der Waals surface area contributed by atoms with Crippen LogP contribution in [0.5, 0.6) is 0 Å². The Morgan fingerprint density at radius 2 is 2.33 bits per heavy atom. The molecule has 0 aromatic heterocycles. The zero-order valence-corrected chi connectivity index (χ0v) is 9.09. The van der Waals surface area contributed by atoms with E-state index in [4.69, 9.17) is 5.73 Å². The maximum Gasteiger partial charge on any atom is 0.0604 e. The van der Waals surface area contributed by atoms with Gasteiger partial charge in [0.2, 0.25) is 0 Å². The number of benzene rings is 1. The van der Waals surface area contributed by atoms with Crippen molar-refractivity contribution in [3.63, 3.8) is 0 Å². The summed E-state index contributed by atoms with van der Waals surface area (Å²) in [6, 6.07) is 6.18. The molecular weight excluding hydrogens is 184 g/mol. The molecular formula is C13H16N2. The van der Waals surface area contributed by atoms with E-state index in [1.165, 1.54) is 11.1 Å². The van der Waals surface area contributed by atoms with Crippen molar-refractivity contribution in [1.82, 2.24) is 4.90 Å². The summed E-state index contributed by atoms with van der Waals surface area (Å²) in [5.74, 6) is 6.04. The Kier molecular flexibility index (Phi) is 2.94. The van der Waals surface area contributed by atoms with Crippen molar-refractivity contribution < 1.29 is 0 Å². The molecule has 0 amide bonds. The molecule has 78 valence electrons. The first-order valence-corrected chi connectivity index (χ1v) is 5.29. The molecule has 2 heteroatoms. The minimum Gasteiger partial charge on any atom is -0.398 e. The summed E-state index contributed by atoms with van der Waals surface area (Å²) in [6.45, 7) is 4.80. The van der Waals surface area contributed by atoms with E-state index in [-0.39, 0.29) is 0 Å². The smallest absolute Gasteiger partial charge is 0.0604 e. The zero-order valence-electron chi connectivity index (χ0n) is 9.09. The van der Waals surface area contributed by atoms with Crippen molar-refractivity contribution in [2.45, 2.75) is 19.9 Å². The van der Waals surface area contributed by atoms with Gasteiger partial charge in [0.15, 0.2) is 0 Å². The number of nitrogens with two attached hydrogens (primary N) is 1. The molecule has 2 N–H and O–H groups in total. The third-order valence-corrected chi connectivity index (χ3v) is 2.86. The van der Waals surface area contributed by atoms with E-state index in [9.17, 15) is 0 Å². The van der Waals surface area contributed by atoms with Crippen LogP contribution in [0.2, 0.25) is 0 Å². The van der Waals surface area contributed by atoms with E-state index in [0.29, 0.717) is 0 Å². The van der Waals surface area contributed by atoms with Gasteiger partial charge < -0.3 is 5.73 Å². The van der Waals surface area contributed by atoms with E-state index in [0.717, 1.165) is 31.7 Å². The van der Waals surface area contributed by atoms with E-state index in [2.05, 4.69) is 22.8 Å². The number of nitrogen functional groups attached to an aromatic ring is 1. The number of rotatable bonds is 1. The average Bonchev–Trinajstić information content (AvgIpc) is 2.26. The molecule has 0 radical (unpaired) electrons. The van der Waals surface area contributed by atoms with Crippen molar-refractivity contribution in [3.05, 3.63) is 29.3 Å². The average molecular weight is 200 g/mol. The minimum atomic E-state index is 0.866. The standard InChI is InChI=1S/C13H16N2/c1-2-3-8-15-9-7-12-11(10-15)5-4-6-13(12)14/h4-6H,7-10,14H2,1H3. The largest absolute Gasteiger partial charge is 0.398 e. The van der Waals surface area contributed by atoms with Gasteiger partial charge in [-0.2, -0.15) is 0 Å². The summed E-state index contributed by atoms with van der Waals surface area (Å²) >= 11 is 0.